The number of rotatable bonds is 4. The van der Waals surface area contributed by atoms with Gasteiger partial charge in [0.15, 0.2) is 0 Å². The minimum absolute atomic E-state index is 0.130. The lowest BCUT2D eigenvalue weighted by Gasteiger charge is -2.36. The quantitative estimate of drug-likeness (QED) is 0.879. The van der Waals surface area contributed by atoms with Crippen molar-refractivity contribution in [1.29, 1.82) is 0 Å². The zero-order valence-corrected chi connectivity index (χ0v) is 16.2. The molecule has 2 aromatic rings. The van der Waals surface area contributed by atoms with Crippen LogP contribution in [0, 0.1) is 5.82 Å². The largest absolute Gasteiger partial charge is 0.339 e. The molecule has 2 aliphatic heterocycles. The first kappa shape index (κ1) is 19.1. The molecule has 5 heteroatoms. The highest BCUT2D eigenvalue weighted by Gasteiger charge is 2.25. The van der Waals surface area contributed by atoms with Gasteiger partial charge in [-0.05, 0) is 54.7 Å². The molecule has 0 saturated carbocycles. The number of likely N-dealkylation sites (tertiary alicyclic amines) is 1. The smallest absolute Gasteiger partial charge is 0.253 e. The summed E-state index contributed by atoms with van der Waals surface area (Å²) in [7, 11) is 0. The van der Waals surface area contributed by atoms with Crippen LogP contribution >= 0.6 is 0 Å². The molecule has 2 saturated heterocycles. The van der Waals surface area contributed by atoms with Crippen LogP contribution in [0.15, 0.2) is 48.5 Å². The molecule has 2 aromatic carbocycles. The average molecular weight is 381 g/mol. The number of piperidine rings is 1. The molecule has 1 amide bonds. The van der Waals surface area contributed by atoms with Crippen LogP contribution in [0.5, 0.6) is 0 Å². The molecule has 28 heavy (non-hydrogen) atoms. The van der Waals surface area contributed by atoms with Gasteiger partial charge in [-0.3, -0.25) is 9.69 Å². The van der Waals surface area contributed by atoms with Gasteiger partial charge in [0.1, 0.15) is 5.82 Å². The summed E-state index contributed by atoms with van der Waals surface area (Å²) in [6.07, 6.45) is 3.41. The second-order valence-corrected chi connectivity index (χ2v) is 7.80. The number of hydrogen-bond acceptors (Lipinski definition) is 3. The number of halogens is 1. The van der Waals surface area contributed by atoms with Crippen molar-refractivity contribution in [3.8, 4) is 0 Å². The van der Waals surface area contributed by atoms with Gasteiger partial charge >= 0.3 is 0 Å². The topological polar surface area (TPSA) is 35.6 Å². The third-order valence-electron chi connectivity index (χ3n) is 5.79. The van der Waals surface area contributed by atoms with Crippen molar-refractivity contribution in [2.75, 3.05) is 32.7 Å². The number of carbonyl (C=O) groups excluding carboxylic acids is 1. The van der Waals surface area contributed by atoms with Crippen LogP contribution < -0.4 is 5.32 Å². The van der Waals surface area contributed by atoms with Gasteiger partial charge in [0.2, 0.25) is 0 Å². The zero-order valence-electron chi connectivity index (χ0n) is 16.2. The molecule has 0 spiro atoms. The Morgan fingerprint density at radius 2 is 1.86 bits per heavy atom. The van der Waals surface area contributed by atoms with Crippen molar-refractivity contribution < 1.29 is 9.18 Å². The van der Waals surface area contributed by atoms with Gasteiger partial charge < -0.3 is 10.2 Å². The van der Waals surface area contributed by atoms with E-state index >= 15 is 0 Å². The molecule has 4 rings (SSSR count). The second kappa shape index (κ2) is 8.84. The normalized spacial score (nSPS) is 20.9. The van der Waals surface area contributed by atoms with E-state index in [-0.39, 0.29) is 17.8 Å². The van der Waals surface area contributed by atoms with Gasteiger partial charge in [0.25, 0.3) is 5.91 Å². The van der Waals surface area contributed by atoms with Gasteiger partial charge in [0, 0.05) is 50.9 Å². The molecule has 1 N–H and O–H groups in total. The lowest BCUT2D eigenvalue weighted by molar-refractivity contribution is 0.0724. The molecule has 1 atom stereocenters. The van der Waals surface area contributed by atoms with Crippen LogP contribution in [0.1, 0.15) is 46.8 Å². The fourth-order valence-electron chi connectivity index (χ4n) is 4.29. The van der Waals surface area contributed by atoms with Crippen molar-refractivity contribution in [2.24, 2.45) is 0 Å². The minimum Gasteiger partial charge on any atom is -0.339 e. The summed E-state index contributed by atoms with van der Waals surface area (Å²) in [4.78, 5) is 17.2. The van der Waals surface area contributed by atoms with Crippen molar-refractivity contribution in [3.05, 3.63) is 71.0 Å². The molecule has 0 radical (unpaired) electrons. The van der Waals surface area contributed by atoms with E-state index in [1.54, 1.807) is 12.1 Å². The van der Waals surface area contributed by atoms with E-state index in [1.165, 1.54) is 12.5 Å². The van der Waals surface area contributed by atoms with Crippen LogP contribution in [0.4, 0.5) is 4.39 Å². The van der Waals surface area contributed by atoms with Gasteiger partial charge in [-0.1, -0.05) is 24.3 Å². The van der Waals surface area contributed by atoms with Crippen molar-refractivity contribution in [2.45, 2.75) is 31.8 Å². The Morgan fingerprint density at radius 3 is 2.68 bits per heavy atom. The van der Waals surface area contributed by atoms with Gasteiger partial charge in [-0.25, -0.2) is 4.39 Å². The fourth-order valence-corrected chi connectivity index (χ4v) is 4.29. The zero-order chi connectivity index (χ0) is 19.3. The summed E-state index contributed by atoms with van der Waals surface area (Å²) >= 11 is 0. The maximum atomic E-state index is 13.7. The predicted molar refractivity (Wildman–Crippen MR) is 109 cm³/mol. The monoisotopic (exact) mass is 381 g/mol. The maximum absolute atomic E-state index is 13.7. The van der Waals surface area contributed by atoms with Crippen LogP contribution in [-0.4, -0.2) is 48.4 Å². The van der Waals surface area contributed by atoms with E-state index in [4.69, 9.17) is 0 Å². The Morgan fingerprint density at radius 1 is 1.04 bits per heavy atom. The third-order valence-corrected chi connectivity index (χ3v) is 5.79. The molecule has 148 valence electrons. The Balaban J connectivity index is 1.50. The van der Waals surface area contributed by atoms with E-state index in [9.17, 15) is 9.18 Å². The number of amides is 1. The molecule has 1 unspecified atom stereocenters. The Bertz CT molecular complexity index is 819. The molecule has 0 aliphatic carbocycles. The summed E-state index contributed by atoms with van der Waals surface area (Å²) in [5, 5.41) is 3.42. The highest BCUT2D eigenvalue weighted by atomic mass is 19.1. The standard InChI is InChI=1S/C23H28FN3O/c24-21-9-5-7-19(15-21)22-16-25-10-13-27(22)17-18-6-4-8-20(14-18)23(28)26-11-2-1-3-12-26/h4-9,14-15,22,25H,1-3,10-13,16-17H2. The Labute approximate surface area is 166 Å². The third kappa shape index (κ3) is 4.42. The Hall–Kier alpha value is -2.24. The van der Waals surface area contributed by atoms with Crippen LogP contribution in [0.3, 0.4) is 0 Å². The number of nitrogens with one attached hydrogen (secondary N) is 1. The second-order valence-electron chi connectivity index (χ2n) is 7.80. The number of carbonyl (C=O) groups is 1. The number of hydrogen-bond donors (Lipinski definition) is 1. The lowest BCUT2D eigenvalue weighted by Crippen LogP contribution is -2.45. The van der Waals surface area contributed by atoms with E-state index in [1.807, 2.05) is 29.2 Å². The molecule has 2 heterocycles. The Kier molecular flexibility index (Phi) is 6.03. The van der Waals surface area contributed by atoms with Gasteiger partial charge in [-0.2, -0.15) is 0 Å². The fraction of sp³-hybridized carbons (Fsp3) is 0.435. The minimum atomic E-state index is -0.197. The molecule has 2 fully saturated rings. The molecule has 0 bridgehead atoms. The summed E-state index contributed by atoms with van der Waals surface area (Å²) < 4.78 is 13.7. The number of piperazine rings is 1. The molecule has 2 aliphatic rings. The van der Waals surface area contributed by atoms with E-state index in [0.29, 0.717) is 0 Å². The first-order valence-corrected chi connectivity index (χ1v) is 10.3. The van der Waals surface area contributed by atoms with Crippen LogP contribution in [0.25, 0.3) is 0 Å². The molecule has 4 nitrogen and oxygen atoms in total. The SMILES string of the molecule is O=C(c1cccc(CN2CCNCC2c2cccc(F)c2)c1)N1CCCCC1. The highest BCUT2D eigenvalue weighted by Crippen LogP contribution is 2.25. The van der Waals surface area contributed by atoms with E-state index < -0.39 is 0 Å². The lowest BCUT2D eigenvalue weighted by atomic mass is 10.0. The summed E-state index contributed by atoms with van der Waals surface area (Å²) in [5.74, 6) is -0.0549. The highest BCUT2D eigenvalue weighted by molar-refractivity contribution is 5.94. The number of benzene rings is 2. The first-order valence-electron chi connectivity index (χ1n) is 10.3. The predicted octanol–water partition coefficient (Wildman–Crippen LogP) is 3.60. The summed E-state index contributed by atoms with van der Waals surface area (Å²) in [5.41, 5.74) is 2.90. The van der Waals surface area contributed by atoms with Crippen molar-refractivity contribution in [3.63, 3.8) is 0 Å². The van der Waals surface area contributed by atoms with E-state index in [2.05, 4.69) is 16.3 Å². The molecular formula is C23H28FN3O. The summed E-state index contributed by atoms with van der Waals surface area (Å²) in [6.45, 7) is 5.09. The van der Waals surface area contributed by atoms with Crippen molar-refractivity contribution >= 4 is 5.91 Å². The van der Waals surface area contributed by atoms with E-state index in [0.717, 1.165) is 68.8 Å². The maximum Gasteiger partial charge on any atom is 0.253 e. The van der Waals surface area contributed by atoms with Crippen molar-refractivity contribution in [1.82, 2.24) is 15.1 Å². The first-order chi connectivity index (χ1) is 13.7. The van der Waals surface area contributed by atoms with Gasteiger partial charge in [-0.15, -0.1) is 0 Å². The average Bonchev–Trinajstić information content (AvgIpc) is 2.74. The van der Waals surface area contributed by atoms with Gasteiger partial charge in [0.05, 0.1) is 0 Å². The van der Waals surface area contributed by atoms with Crippen LogP contribution in [0.2, 0.25) is 0 Å². The summed E-state index contributed by atoms with van der Waals surface area (Å²) in [6, 6.07) is 15.0. The number of nitrogens with zero attached hydrogens (tertiary/aromatic N) is 2. The molecule has 0 aromatic heterocycles. The molecular weight excluding hydrogens is 353 g/mol. The van der Waals surface area contributed by atoms with Crippen LogP contribution in [-0.2, 0) is 6.54 Å².